The van der Waals surface area contributed by atoms with Gasteiger partial charge in [0.1, 0.15) is 11.9 Å². The summed E-state index contributed by atoms with van der Waals surface area (Å²) in [6.45, 7) is 8.36. The van der Waals surface area contributed by atoms with E-state index in [1.54, 1.807) is 24.8 Å². The molecule has 1 rings (SSSR count). The summed E-state index contributed by atoms with van der Waals surface area (Å²) in [5.74, 6) is -2.06. The molecule has 0 aliphatic rings. The fourth-order valence-electron chi connectivity index (χ4n) is 2.57. The summed E-state index contributed by atoms with van der Waals surface area (Å²) >= 11 is 0. The summed E-state index contributed by atoms with van der Waals surface area (Å²) in [5.41, 5.74) is -0.118. The molecule has 0 saturated heterocycles. The third kappa shape index (κ3) is 5.54. The fourth-order valence-corrected chi connectivity index (χ4v) is 2.57. The van der Waals surface area contributed by atoms with Gasteiger partial charge in [0.25, 0.3) is 5.91 Å². The molecule has 0 aliphatic carbocycles. The van der Waals surface area contributed by atoms with Crippen molar-refractivity contribution in [2.24, 2.45) is 5.92 Å². The third-order valence-corrected chi connectivity index (χ3v) is 4.20. The van der Waals surface area contributed by atoms with Gasteiger partial charge in [-0.05, 0) is 31.9 Å². The average molecular weight is 365 g/mol. The van der Waals surface area contributed by atoms with Crippen LogP contribution in [0.2, 0.25) is 0 Å². The molecule has 0 radical (unpaired) electrons. The summed E-state index contributed by atoms with van der Waals surface area (Å²) in [6.07, 6.45) is 0. The lowest BCUT2D eigenvalue weighted by Crippen LogP contribution is -2.52. The van der Waals surface area contributed by atoms with Gasteiger partial charge in [-0.1, -0.05) is 26.0 Å². The Bertz CT molecular complexity index is 645. The van der Waals surface area contributed by atoms with Crippen molar-refractivity contribution in [3.8, 4) is 0 Å². The van der Waals surface area contributed by atoms with Gasteiger partial charge in [0, 0.05) is 20.1 Å². The van der Waals surface area contributed by atoms with E-state index in [9.17, 15) is 18.8 Å². The Labute approximate surface area is 154 Å². The number of hydrogen-bond acceptors (Lipinski definition) is 3. The summed E-state index contributed by atoms with van der Waals surface area (Å²) in [5, 5.41) is 2.59. The van der Waals surface area contributed by atoms with Crippen LogP contribution in [0.5, 0.6) is 0 Å². The van der Waals surface area contributed by atoms with E-state index in [4.69, 9.17) is 0 Å². The van der Waals surface area contributed by atoms with Crippen LogP contribution in [0, 0.1) is 11.7 Å². The molecule has 0 saturated carbocycles. The van der Waals surface area contributed by atoms with Crippen molar-refractivity contribution in [2.75, 3.05) is 26.7 Å². The number of nitrogens with one attached hydrogen (secondary N) is 1. The molecule has 1 aromatic carbocycles. The first-order chi connectivity index (χ1) is 12.2. The Hall–Kier alpha value is -2.44. The van der Waals surface area contributed by atoms with Crippen molar-refractivity contribution in [2.45, 2.75) is 33.7 Å². The van der Waals surface area contributed by atoms with Crippen molar-refractivity contribution < 1.29 is 18.8 Å². The van der Waals surface area contributed by atoms with Crippen LogP contribution in [0.3, 0.4) is 0 Å². The van der Waals surface area contributed by atoms with Gasteiger partial charge in [-0.25, -0.2) is 4.39 Å². The summed E-state index contributed by atoms with van der Waals surface area (Å²) in [7, 11) is 1.52. The Balaban J connectivity index is 2.85. The lowest BCUT2D eigenvalue weighted by atomic mass is 10.0. The highest BCUT2D eigenvalue weighted by Gasteiger charge is 2.29. The maximum Gasteiger partial charge on any atom is 0.254 e. The minimum atomic E-state index is -0.850. The van der Waals surface area contributed by atoms with E-state index >= 15 is 0 Å². The Kier molecular flexibility index (Phi) is 8.22. The zero-order valence-electron chi connectivity index (χ0n) is 16.1. The highest BCUT2D eigenvalue weighted by molar-refractivity contribution is 5.98. The number of carbonyl (C=O) groups is 3. The molecule has 0 fully saturated rings. The van der Waals surface area contributed by atoms with Crippen LogP contribution in [0.25, 0.3) is 0 Å². The van der Waals surface area contributed by atoms with Crippen molar-refractivity contribution in [3.05, 3.63) is 35.6 Å². The summed E-state index contributed by atoms with van der Waals surface area (Å²) < 4.78 is 13.8. The van der Waals surface area contributed by atoms with Crippen LogP contribution in [0.4, 0.5) is 4.39 Å². The van der Waals surface area contributed by atoms with Gasteiger partial charge in [-0.2, -0.15) is 0 Å². The van der Waals surface area contributed by atoms with E-state index in [1.807, 2.05) is 13.8 Å². The molecule has 3 amide bonds. The lowest BCUT2D eigenvalue weighted by Gasteiger charge is -2.28. The standard InChI is InChI=1S/C19H28FN3O3/c1-6-23(7-2)16(24)12-22(5)19(26)17(13(3)4)21-18(25)14-10-8-9-11-15(14)20/h8-11,13,17H,6-7,12H2,1-5H3,(H,21,25). The number of amides is 3. The van der Waals surface area contributed by atoms with Crippen molar-refractivity contribution >= 4 is 17.7 Å². The zero-order chi connectivity index (χ0) is 19.9. The largest absolute Gasteiger partial charge is 0.342 e. The fraction of sp³-hybridized carbons (Fsp3) is 0.526. The average Bonchev–Trinajstić information content (AvgIpc) is 2.59. The topological polar surface area (TPSA) is 69.7 Å². The SMILES string of the molecule is CCN(CC)C(=O)CN(C)C(=O)C(NC(=O)c1ccccc1F)C(C)C. The van der Waals surface area contributed by atoms with Gasteiger partial charge in [0.15, 0.2) is 0 Å². The predicted molar refractivity (Wildman–Crippen MR) is 98.1 cm³/mol. The Morgan fingerprint density at radius 1 is 1.12 bits per heavy atom. The second-order valence-corrected chi connectivity index (χ2v) is 6.44. The normalized spacial score (nSPS) is 11.8. The van der Waals surface area contributed by atoms with Crippen LogP contribution in [-0.4, -0.2) is 60.2 Å². The zero-order valence-corrected chi connectivity index (χ0v) is 16.1. The van der Waals surface area contributed by atoms with Gasteiger partial charge in [0.05, 0.1) is 12.1 Å². The van der Waals surface area contributed by atoms with Gasteiger partial charge < -0.3 is 15.1 Å². The van der Waals surface area contributed by atoms with E-state index < -0.39 is 17.8 Å². The highest BCUT2D eigenvalue weighted by atomic mass is 19.1. The summed E-state index contributed by atoms with van der Waals surface area (Å²) in [4.78, 5) is 40.2. The molecule has 144 valence electrons. The van der Waals surface area contributed by atoms with Crippen LogP contribution in [0.1, 0.15) is 38.1 Å². The quantitative estimate of drug-likeness (QED) is 0.765. The number of carbonyl (C=O) groups excluding carboxylic acids is 3. The van der Waals surface area contributed by atoms with E-state index in [1.165, 1.54) is 30.1 Å². The second-order valence-electron chi connectivity index (χ2n) is 6.44. The van der Waals surface area contributed by atoms with Gasteiger partial charge >= 0.3 is 0 Å². The number of likely N-dealkylation sites (N-methyl/N-ethyl adjacent to an activating group) is 2. The van der Waals surface area contributed by atoms with Crippen molar-refractivity contribution in [1.82, 2.24) is 15.1 Å². The van der Waals surface area contributed by atoms with E-state index in [-0.39, 0.29) is 29.8 Å². The molecule has 1 N–H and O–H groups in total. The summed E-state index contributed by atoms with van der Waals surface area (Å²) in [6, 6.07) is 4.75. The van der Waals surface area contributed by atoms with Crippen molar-refractivity contribution in [1.29, 1.82) is 0 Å². The molecule has 6 nitrogen and oxygen atoms in total. The first kappa shape index (κ1) is 21.6. The molecule has 7 heteroatoms. The number of rotatable bonds is 8. The lowest BCUT2D eigenvalue weighted by molar-refractivity contribution is -0.140. The molecular formula is C19H28FN3O3. The Morgan fingerprint density at radius 2 is 1.69 bits per heavy atom. The van der Waals surface area contributed by atoms with E-state index in [0.29, 0.717) is 13.1 Å². The minimum absolute atomic E-state index is 0.0701. The maximum atomic E-state index is 13.8. The van der Waals surface area contributed by atoms with Crippen molar-refractivity contribution in [3.63, 3.8) is 0 Å². The van der Waals surface area contributed by atoms with E-state index in [2.05, 4.69) is 5.32 Å². The first-order valence-corrected chi connectivity index (χ1v) is 8.80. The van der Waals surface area contributed by atoms with Crippen LogP contribution < -0.4 is 5.32 Å². The maximum absolute atomic E-state index is 13.8. The molecule has 0 bridgehead atoms. The molecule has 0 aromatic heterocycles. The minimum Gasteiger partial charge on any atom is -0.342 e. The molecule has 1 aromatic rings. The van der Waals surface area contributed by atoms with Gasteiger partial charge in [-0.3, -0.25) is 14.4 Å². The second kappa shape index (κ2) is 9.89. The smallest absolute Gasteiger partial charge is 0.254 e. The molecule has 0 spiro atoms. The Morgan fingerprint density at radius 3 is 2.19 bits per heavy atom. The molecule has 1 unspecified atom stereocenters. The molecular weight excluding hydrogens is 337 g/mol. The molecule has 0 aliphatic heterocycles. The number of nitrogens with zero attached hydrogens (tertiary/aromatic N) is 2. The van der Waals surface area contributed by atoms with E-state index in [0.717, 1.165) is 0 Å². The highest BCUT2D eigenvalue weighted by Crippen LogP contribution is 2.10. The van der Waals surface area contributed by atoms with Crippen LogP contribution >= 0.6 is 0 Å². The molecule has 1 atom stereocenters. The number of hydrogen-bond donors (Lipinski definition) is 1. The van der Waals surface area contributed by atoms with Crippen LogP contribution in [-0.2, 0) is 9.59 Å². The number of benzene rings is 1. The van der Waals surface area contributed by atoms with Gasteiger partial charge in [0.2, 0.25) is 11.8 Å². The third-order valence-electron chi connectivity index (χ3n) is 4.20. The monoisotopic (exact) mass is 365 g/mol. The van der Waals surface area contributed by atoms with Gasteiger partial charge in [-0.15, -0.1) is 0 Å². The predicted octanol–water partition coefficient (Wildman–Crippen LogP) is 1.91. The van der Waals surface area contributed by atoms with Crippen LogP contribution in [0.15, 0.2) is 24.3 Å². The first-order valence-electron chi connectivity index (χ1n) is 8.80. The molecule has 26 heavy (non-hydrogen) atoms. The number of halogens is 1. The molecule has 0 heterocycles.